The molecular formula is C32H57O5P. The van der Waals surface area contributed by atoms with Crippen molar-refractivity contribution in [1.82, 2.24) is 0 Å². The molecule has 4 atom stereocenters. The molecule has 5 nitrogen and oxygen atoms in total. The molecule has 6 heteroatoms. The Labute approximate surface area is 234 Å². The summed E-state index contributed by atoms with van der Waals surface area (Å²) in [7, 11) is -4.19. The zero-order valence-corrected chi connectivity index (χ0v) is 27.0. The molecule has 0 bridgehead atoms. The van der Waals surface area contributed by atoms with E-state index in [1.54, 1.807) is 13.8 Å². The van der Waals surface area contributed by atoms with Crippen LogP contribution >= 0.6 is 7.82 Å². The molecule has 1 N–H and O–H groups in total. The maximum Gasteiger partial charge on any atom is 0.527 e. The molecule has 1 aromatic carbocycles. The largest absolute Gasteiger partial charge is 0.527 e. The van der Waals surface area contributed by atoms with E-state index in [1.807, 2.05) is 20.8 Å². The van der Waals surface area contributed by atoms with Gasteiger partial charge < -0.3 is 9.26 Å². The summed E-state index contributed by atoms with van der Waals surface area (Å²) in [6, 6.07) is 0. The van der Waals surface area contributed by atoms with Gasteiger partial charge in [-0.25, -0.2) is 4.57 Å². The summed E-state index contributed by atoms with van der Waals surface area (Å²) in [6.07, 6.45) is 13.0. The third-order valence-corrected chi connectivity index (χ3v) is 9.49. The predicted molar refractivity (Wildman–Crippen MR) is 159 cm³/mol. The molecule has 2 rings (SSSR count). The topological polar surface area (TPSA) is 65.0 Å². The van der Waals surface area contributed by atoms with Gasteiger partial charge in [-0.2, -0.15) is 0 Å². The highest BCUT2D eigenvalue weighted by atomic mass is 31.2. The fourth-order valence-electron chi connectivity index (χ4n) is 5.80. The first kappa shape index (κ1) is 33.2. The van der Waals surface area contributed by atoms with Gasteiger partial charge in [-0.05, 0) is 102 Å². The SMILES string of the molecule is Cc1c(C)c2c(c(C)c1OP(=O)(O)OC(C)C)CC[C@@](C)(CCC[C@H](C)CCC[C@H](C)CCCC(C)C)O2. The first-order valence-corrected chi connectivity index (χ1v) is 16.7. The van der Waals surface area contributed by atoms with Crippen molar-refractivity contribution in [3.05, 3.63) is 22.3 Å². The van der Waals surface area contributed by atoms with E-state index in [4.69, 9.17) is 13.8 Å². The molecule has 220 valence electrons. The van der Waals surface area contributed by atoms with Gasteiger partial charge in [-0.3, -0.25) is 9.42 Å². The first-order chi connectivity index (χ1) is 17.6. The van der Waals surface area contributed by atoms with E-state index >= 15 is 0 Å². The van der Waals surface area contributed by atoms with Gasteiger partial charge in [0.2, 0.25) is 0 Å². The van der Waals surface area contributed by atoms with Crippen molar-refractivity contribution in [1.29, 1.82) is 0 Å². The molecule has 1 aromatic rings. The lowest BCUT2D eigenvalue weighted by Gasteiger charge is -2.38. The van der Waals surface area contributed by atoms with E-state index in [1.165, 1.54) is 51.4 Å². The third kappa shape index (κ3) is 10.2. The fraction of sp³-hybridized carbons (Fsp3) is 0.812. The first-order valence-electron chi connectivity index (χ1n) is 15.2. The van der Waals surface area contributed by atoms with Gasteiger partial charge in [0.15, 0.2) is 0 Å². The molecule has 1 aliphatic heterocycles. The number of phosphoric acid groups is 1. The van der Waals surface area contributed by atoms with Crippen LogP contribution in [0, 0.1) is 38.5 Å². The van der Waals surface area contributed by atoms with Gasteiger partial charge in [0.25, 0.3) is 0 Å². The summed E-state index contributed by atoms with van der Waals surface area (Å²) in [5.74, 6) is 3.81. The monoisotopic (exact) mass is 552 g/mol. The molecule has 0 aliphatic carbocycles. The predicted octanol–water partition coefficient (Wildman–Crippen LogP) is 10.0. The van der Waals surface area contributed by atoms with Crippen LogP contribution in [0.15, 0.2) is 0 Å². The van der Waals surface area contributed by atoms with Crippen molar-refractivity contribution in [3.63, 3.8) is 0 Å². The van der Waals surface area contributed by atoms with Crippen molar-refractivity contribution in [2.45, 2.75) is 152 Å². The van der Waals surface area contributed by atoms with Gasteiger partial charge in [-0.15, -0.1) is 0 Å². The summed E-state index contributed by atoms with van der Waals surface area (Å²) in [4.78, 5) is 10.2. The van der Waals surface area contributed by atoms with Gasteiger partial charge in [0.05, 0.1) is 6.10 Å². The zero-order chi connectivity index (χ0) is 28.7. The van der Waals surface area contributed by atoms with Gasteiger partial charge in [0.1, 0.15) is 17.1 Å². The van der Waals surface area contributed by atoms with E-state index in [0.717, 1.165) is 65.0 Å². The van der Waals surface area contributed by atoms with Gasteiger partial charge in [0, 0.05) is 5.56 Å². The summed E-state index contributed by atoms with van der Waals surface area (Å²) in [6.45, 7) is 21.0. The average Bonchev–Trinajstić information content (AvgIpc) is 2.79. The standard InChI is InChI=1S/C32H57O5P/c1-22(2)14-11-15-24(5)16-12-17-25(6)18-13-20-32(10)21-19-29-28(9)30(26(7)27(8)31(29)35-32)37-38(33,34)36-23(3)4/h22-25H,11-21H2,1-10H3,(H,33,34)/t24-,25-,32-/m1/s1. The Hall–Kier alpha value is -1.03. The maximum absolute atomic E-state index is 12.5. The number of hydrogen-bond donors (Lipinski definition) is 1. The van der Waals surface area contributed by atoms with Crippen LogP contribution in [0.1, 0.15) is 135 Å². The Morgan fingerprint density at radius 3 is 1.97 bits per heavy atom. The van der Waals surface area contributed by atoms with Crippen LogP contribution in [0.5, 0.6) is 11.5 Å². The molecule has 38 heavy (non-hydrogen) atoms. The highest BCUT2D eigenvalue weighted by Crippen LogP contribution is 2.51. The Morgan fingerprint density at radius 1 is 0.868 bits per heavy atom. The second-order valence-corrected chi connectivity index (χ2v) is 14.5. The van der Waals surface area contributed by atoms with Gasteiger partial charge >= 0.3 is 7.82 Å². The van der Waals surface area contributed by atoms with Crippen LogP contribution in [0.2, 0.25) is 0 Å². The third-order valence-electron chi connectivity index (χ3n) is 8.39. The number of rotatable bonds is 16. The maximum atomic E-state index is 12.5. The molecule has 0 spiro atoms. The lowest BCUT2D eigenvalue weighted by Crippen LogP contribution is -2.37. The summed E-state index contributed by atoms with van der Waals surface area (Å²) in [5.41, 5.74) is 3.59. The molecule has 0 saturated heterocycles. The van der Waals surface area contributed by atoms with E-state index in [-0.39, 0.29) is 5.60 Å². The lowest BCUT2D eigenvalue weighted by atomic mass is 9.84. The van der Waals surface area contributed by atoms with Crippen LogP contribution in [0.4, 0.5) is 0 Å². The smallest absolute Gasteiger partial charge is 0.487 e. The number of ether oxygens (including phenoxy) is 1. The van der Waals surface area contributed by atoms with Gasteiger partial charge in [-0.1, -0.05) is 72.6 Å². The van der Waals surface area contributed by atoms with Crippen LogP contribution in [0.25, 0.3) is 0 Å². The van der Waals surface area contributed by atoms with Crippen molar-refractivity contribution in [2.75, 3.05) is 0 Å². The minimum absolute atomic E-state index is 0.184. The van der Waals surface area contributed by atoms with Crippen molar-refractivity contribution < 1.29 is 23.2 Å². The Kier molecular flexibility index (Phi) is 12.7. The van der Waals surface area contributed by atoms with Crippen molar-refractivity contribution in [2.24, 2.45) is 17.8 Å². The van der Waals surface area contributed by atoms with E-state index in [2.05, 4.69) is 34.6 Å². The Bertz CT molecular complexity index is 941. The number of fused-ring (bicyclic) bond motifs is 1. The molecule has 0 saturated carbocycles. The van der Waals surface area contributed by atoms with Crippen LogP contribution in [-0.4, -0.2) is 16.6 Å². The van der Waals surface area contributed by atoms with Crippen molar-refractivity contribution >= 4 is 7.82 Å². The second-order valence-electron chi connectivity index (χ2n) is 13.1. The molecule has 1 heterocycles. The molecular weight excluding hydrogens is 495 g/mol. The lowest BCUT2D eigenvalue weighted by molar-refractivity contribution is 0.0511. The normalized spacial score (nSPS) is 20.7. The average molecular weight is 553 g/mol. The molecule has 1 unspecified atom stereocenters. The number of phosphoric ester groups is 1. The fourth-order valence-corrected chi connectivity index (χ4v) is 6.88. The zero-order valence-electron chi connectivity index (χ0n) is 26.1. The number of benzene rings is 1. The Morgan fingerprint density at radius 2 is 1.42 bits per heavy atom. The van der Waals surface area contributed by atoms with E-state index in [9.17, 15) is 9.46 Å². The minimum atomic E-state index is -4.19. The minimum Gasteiger partial charge on any atom is -0.487 e. The quantitative estimate of drug-likeness (QED) is 0.207. The second kappa shape index (κ2) is 14.6. The van der Waals surface area contributed by atoms with Crippen LogP contribution in [-0.2, 0) is 15.5 Å². The summed E-state index contributed by atoms with van der Waals surface area (Å²) < 4.78 is 29.9. The summed E-state index contributed by atoms with van der Waals surface area (Å²) in [5, 5.41) is 0. The Balaban J connectivity index is 1.90. The van der Waals surface area contributed by atoms with Crippen LogP contribution in [0.3, 0.4) is 0 Å². The molecule has 0 aromatic heterocycles. The molecule has 0 amide bonds. The van der Waals surface area contributed by atoms with E-state index < -0.39 is 13.9 Å². The molecule has 1 aliphatic rings. The van der Waals surface area contributed by atoms with Crippen molar-refractivity contribution in [3.8, 4) is 11.5 Å². The summed E-state index contributed by atoms with van der Waals surface area (Å²) >= 11 is 0. The van der Waals surface area contributed by atoms with E-state index in [0.29, 0.717) is 5.75 Å². The molecule has 0 fully saturated rings. The highest BCUT2D eigenvalue weighted by molar-refractivity contribution is 7.47. The van der Waals surface area contributed by atoms with Crippen LogP contribution < -0.4 is 9.26 Å². The number of hydrogen-bond acceptors (Lipinski definition) is 4. The highest BCUT2D eigenvalue weighted by Gasteiger charge is 2.36. The molecule has 0 radical (unpaired) electrons.